The average molecular weight is 350 g/mol. The molecule has 0 amide bonds. The zero-order chi connectivity index (χ0) is 15.4. The highest BCUT2D eigenvalue weighted by atomic mass is 79.9. The van der Waals surface area contributed by atoms with Crippen LogP contribution in [-0.4, -0.2) is 16.9 Å². The Balaban J connectivity index is 2.09. The Labute approximate surface area is 131 Å². The highest BCUT2D eigenvalue weighted by Crippen LogP contribution is 2.24. The maximum Gasteiger partial charge on any atom is 0.292 e. The number of hydrogen-bond donors (Lipinski definition) is 1. The fourth-order valence-electron chi connectivity index (χ4n) is 2.13. The molecule has 0 bridgehead atoms. The van der Waals surface area contributed by atoms with Crippen LogP contribution in [0.25, 0.3) is 0 Å². The molecular formula is C15H16BrN3O2. The van der Waals surface area contributed by atoms with E-state index in [1.54, 1.807) is 6.07 Å². The van der Waals surface area contributed by atoms with Crippen LogP contribution in [0.15, 0.2) is 46.9 Å². The first-order valence-electron chi connectivity index (χ1n) is 6.42. The van der Waals surface area contributed by atoms with Gasteiger partial charge in [-0.15, -0.1) is 0 Å². The van der Waals surface area contributed by atoms with Crippen LogP contribution in [0, 0.1) is 10.1 Å². The van der Waals surface area contributed by atoms with Crippen molar-refractivity contribution in [1.82, 2.24) is 4.90 Å². The van der Waals surface area contributed by atoms with Gasteiger partial charge in [0, 0.05) is 23.6 Å². The average Bonchev–Trinajstić information content (AvgIpc) is 2.43. The molecule has 2 rings (SSSR count). The lowest BCUT2D eigenvalue weighted by molar-refractivity contribution is -0.384. The van der Waals surface area contributed by atoms with E-state index in [4.69, 9.17) is 5.73 Å². The Morgan fingerprint density at radius 1 is 1.24 bits per heavy atom. The fourth-order valence-corrected chi connectivity index (χ4v) is 2.54. The van der Waals surface area contributed by atoms with Gasteiger partial charge in [-0.3, -0.25) is 15.0 Å². The van der Waals surface area contributed by atoms with Gasteiger partial charge < -0.3 is 5.73 Å². The molecule has 0 aliphatic rings. The molecule has 0 aliphatic heterocycles. The number of rotatable bonds is 5. The summed E-state index contributed by atoms with van der Waals surface area (Å²) in [6.45, 7) is 1.36. The molecule has 0 atom stereocenters. The molecular weight excluding hydrogens is 334 g/mol. The molecule has 2 aromatic rings. The maximum absolute atomic E-state index is 10.9. The number of hydrogen-bond acceptors (Lipinski definition) is 4. The predicted molar refractivity (Wildman–Crippen MR) is 86.8 cm³/mol. The number of nitrogen functional groups attached to an aromatic ring is 1. The van der Waals surface area contributed by atoms with E-state index < -0.39 is 4.92 Å². The second-order valence-corrected chi connectivity index (χ2v) is 5.77. The van der Waals surface area contributed by atoms with Gasteiger partial charge >= 0.3 is 0 Å². The molecule has 21 heavy (non-hydrogen) atoms. The van der Waals surface area contributed by atoms with Crippen LogP contribution in [0.2, 0.25) is 0 Å². The maximum atomic E-state index is 10.9. The van der Waals surface area contributed by atoms with Crippen LogP contribution in [0.1, 0.15) is 11.1 Å². The first-order valence-corrected chi connectivity index (χ1v) is 7.21. The molecule has 0 aliphatic carbocycles. The SMILES string of the molecule is CN(Cc1ccc(N)c([N+](=O)[O-])c1)Cc1ccccc1Br. The Kier molecular flexibility index (Phi) is 4.93. The van der Waals surface area contributed by atoms with Crippen molar-refractivity contribution in [2.75, 3.05) is 12.8 Å². The summed E-state index contributed by atoms with van der Waals surface area (Å²) in [7, 11) is 1.97. The Morgan fingerprint density at radius 2 is 1.95 bits per heavy atom. The number of halogens is 1. The number of nitrogens with zero attached hydrogens (tertiary/aromatic N) is 2. The summed E-state index contributed by atoms with van der Waals surface area (Å²) in [4.78, 5) is 12.5. The monoisotopic (exact) mass is 349 g/mol. The van der Waals surface area contributed by atoms with Crippen molar-refractivity contribution in [3.63, 3.8) is 0 Å². The lowest BCUT2D eigenvalue weighted by Gasteiger charge is -2.17. The van der Waals surface area contributed by atoms with Crippen molar-refractivity contribution in [2.24, 2.45) is 0 Å². The molecule has 5 nitrogen and oxygen atoms in total. The zero-order valence-electron chi connectivity index (χ0n) is 11.6. The summed E-state index contributed by atoms with van der Waals surface area (Å²) in [6.07, 6.45) is 0. The Hall–Kier alpha value is -1.92. The van der Waals surface area contributed by atoms with E-state index in [1.807, 2.05) is 37.4 Å². The van der Waals surface area contributed by atoms with Gasteiger partial charge in [-0.2, -0.15) is 0 Å². The van der Waals surface area contributed by atoms with E-state index in [1.165, 1.54) is 11.6 Å². The van der Waals surface area contributed by atoms with Gasteiger partial charge in [0.1, 0.15) is 5.69 Å². The highest BCUT2D eigenvalue weighted by molar-refractivity contribution is 9.10. The largest absolute Gasteiger partial charge is 0.393 e. The van der Waals surface area contributed by atoms with Crippen LogP contribution in [0.5, 0.6) is 0 Å². The minimum atomic E-state index is -0.452. The number of anilines is 1. The lowest BCUT2D eigenvalue weighted by atomic mass is 10.1. The van der Waals surface area contributed by atoms with Crippen molar-refractivity contribution in [2.45, 2.75) is 13.1 Å². The fraction of sp³-hybridized carbons (Fsp3) is 0.200. The van der Waals surface area contributed by atoms with Crippen LogP contribution in [-0.2, 0) is 13.1 Å². The van der Waals surface area contributed by atoms with E-state index >= 15 is 0 Å². The van der Waals surface area contributed by atoms with Crippen LogP contribution < -0.4 is 5.73 Å². The first-order chi connectivity index (χ1) is 9.97. The number of benzene rings is 2. The van der Waals surface area contributed by atoms with E-state index in [9.17, 15) is 10.1 Å². The molecule has 0 fully saturated rings. The summed E-state index contributed by atoms with van der Waals surface area (Å²) >= 11 is 3.52. The van der Waals surface area contributed by atoms with Gasteiger partial charge in [0.15, 0.2) is 0 Å². The van der Waals surface area contributed by atoms with Crippen LogP contribution >= 0.6 is 15.9 Å². The van der Waals surface area contributed by atoms with Crippen molar-refractivity contribution in [3.8, 4) is 0 Å². The molecule has 0 unspecified atom stereocenters. The Bertz CT molecular complexity index is 661. The summed E-state index contributed by atoms with van der Waals surface area (Å²) in [6, 6.07) is 12.9. The smallest absolute Gasteiger partial charge is 0.292 e. The van der Waals surface area contributed by atoms with Crippen molar-refractivity contribution in [3.05, 3.63) is 68.2 Å². The Morgan fingerprint density at radius 3 is 2.62 bits per heavy atom. The first kappa shape index (κ1) is 15.5. The third-order valence-electron chi connectivity index (χ3n) is 3.14. The van der Waals surface area contributed by atoms with Crippen molar-refractivity contribution in [1.29, 1.82) is 0 Å². The quantitative estimate of drug-likeness (QED) is 0.508. The molecule has 2 N–H and O–H groups in total. The molecule has 0 aromatic heterocycles. The highest BCUT2D eigenvalue weighted by Gasteiger charge is 2.13. The summed E-state index contributed by atoms with van der Waals surface area (Å²) in [5, 5.41) is 10.9. The molecule has 6 heteroatoms. The summed E-state index contributed by atoms with van der Waals surface area (Å²) < 4.78 is 1.06. The van der Waals surface area contributed by atoms with Crippen LogP contribution in [0.3, 0.4) is 0 Å². The molecule has 110 valence electrons. The van der Waals surface area contributed by atoms with E-state index in [0.717, 1.165) is 16.6 Å². The molecule has 0 radical (unpaired) electrons. The van der Waals surface area contributed by atoms with Gasteiger partial charge in [0.2, 0.25) is 0 Å². The van der Waals surface area contributed by atoms with E-state index in [-0.39, 0.29) is 11.4 Å². The van der Waals surface area contributed by atoms with Gasteiger partial charge in [-0.1, -0.05) is 40.2 Å². The summed E-state index contributed by atoms with van der Waals surface area (Å²) in [5.41, 5.74) is 7.79. The number of nitro groups is 1. The minimum absolute atomic E-state index is 0.0400. The third-order valence-corrected chi connectivity index (χ3v) is 3.92. The lowest BCUT2D eigenvalue weighted by Crippen LogP contribution is -2.17. The standard InChI is InChI=1S/C15H16BrN3O2/c1-18(10-12-4-2-3-5-13(12)16)9-11-6-7-14(17)15(8-11)19(20)21/h2-8H,9-10,17H2,1H3. The number of nitrogens with two attached hydrogens (primary N) is 1. The van der Waals surface area contributed by atoms with Crippen LogP contribution in [0.4, 0.5) is 11.4 Å². The molecule has 0 saturated carbocycles. The molecule has 0 heterocycles. The normalized spacial score (nSPS) is 10.8. The second-order valence-electron chi connectivity index (χ2n) is 4.91. The van der Waals surface area contributed by atoms with E-state index in [2.05, 4.69) is 20.8 Å². The van der Waals surface area contributed by atoms with Gasteiger partial charge in [-0.05, 0) is 30.3 Å². The topological polar surface area (TPSA) is 72.4 Å². The number of nitro benzene ring substituents is 1. The van der Waals surface area contributed by atoms with E-state index in [0.29, 0.717) is 6.54 Å². The zero-order valence-corrected chi connectivity index (χ0v) is 13.2. The minimum Gasteiger partial charge on any atom is -0.393 e. The van der Waals surface area contributed by atoms with Crippen molar-refractivity contribution >= 4 is 27.3 Å². The van der Waals surface area contributed by atoms with Gasteiger partial charge in [-0.25, -0.2) is 0 Å². The second kappa shape index (κ2) is 6.69. The molecule has 2 aromatic carbocycles. The van der Waals surface area contributed by atoms with Crippen molar-refractivity contribution < 1.29 is 4.92 Å². The molecule has 0 spiro atoms. The predicted octanol–water partition coefficient (Wildman–Crippen LogP) is 3.57. The van der Waals surface area contributed by atoms with Gasteiger partial charge in [0.05, 0.1) is 4.92 Å². The summed E-state index contributed by atoms with van der Waals surface area (Å²) in [5.74, 6) is 0. The molecule has 0 saturated heterocycles. The third kappa shape index (κ3) is 4.03. The van der Waals surface area contributed by atoms with Gasteiger partial charge in [0.25, 0.3) is 5.69 Å².